The highest BCUT2D eigenvalue weighted by molar-refractivity contribution is 6.04. The Morgan fingerprint density at radius 1 is 1.22 bits per heavy atom. The number of benzene rings is 1. The Balaban J connectivity index is 1.73. The second kappa shape index (κ2) is 6.56. The van der Waals surface area contributed by atoms with Gasteiger partial charge in [-0.3, -0.25) is 4.79 Å². The molecule has 0 atom stereocenters. The summed E-state index contributed by atoms with van der Waals surface area (Å²) in [7, 11) is 0. The molecule has 1 aromatic carbocycles. The number of carboxylic acids is 1. The second-order valence-electron chi connectivity index (χ2n) is 5.48. The molecule has 0 aliphatic heterocycles. The molecule has 6 nitrogen and oxygen atoms in total. The number of nitrogens with one attached hydrogen (secondary N) is 1. The zero-order chi connectivity index (χ0) is 16.2. The van der Waals surface area contributed by atoms with Crippen LogP contribution in [0.2, 0.25) is 0 Å². The van der Waals surface area contributed by atoms with E-state index in [4.69, 9.17) is 14.3 Å². The van der Waals surface area contributed by atoms with Crippen molar-refractivity contribution < 1.29 is 23.8 Å². The predicted molar refractivity (Wildman–Crippen MR) is 82.9 cm³/mol. The molecule has 120 valence electrons. The lowest BCUT2D eigenvalue weighted by Gasteiger charge is -2.16. The standard InChI is InChI=1S/C17H17NO5/c19-16(15-9-11(10-22-15)17(20)21)18-13-7-3-4-8-14(13)23-12-5-1-2-6-12/h3-4,7-10,12H,1-2,5-6H2,(H,18,19)(H,20,21). The van der Waals surface area contributed by atoms with Crippen LogP contribution >= 0.6 is 0 Å². The Kier molecular flexibility index (Phi) is 4.32. The van der Waals surface area contributed by atoms with Crippen LogP contribution in [-0.2, 0) is 0 Å². The van der Waals surface area contributed by atoms with Gasteiger partial charge in [-0.05, 0) is 37.8 Å². The van der Waals surface area contributed by atoms with Crippen molar-refractivity contribution >= 4 is 17.6 Å². The fraction of sp³-hybridized carbons (Fsp3) is 0.294. The largest absolute Gasteiger partial charge is 0.488 e. The summed E-state index contributed by atoms with van der Waals surface area (Å²) in [4.78, 5) is 23.0. The SMILES string of the molecule is O=C(O)c1coc(C(=O)Nc2ccccc2OC2CCCC2)c1. The smallest absolute Gasteiger partial charge is 0.338 e. The van der Waals surface area contributed by atoms with Crippen molar-refractivity contribution in [1.82, 2.24) is 0 Å². The molecule has 1 fully saturated rings. The number of carbonyl (C=O) groups excluding carboxylic acids is 1. The quantitative estimate of drug-likeness (QED) is 0.880. The average Bonchev–Trinajstić information content (AvgIpc) is 3.20. The van der Waals surface area contributed by atoms with E-state index in [0.29, 0.717) is 11.4 Å². The summed E-state index contributed by atoms with van der Waals surface area (Å²) < 4.78 is 10.9. The molecule has 1 heterocycles. The highest BCUT2D eigenvalue weighted by atomic mass is 16.5. The van der Waals surface area contributed by atoms with Gasteiger partial charge >= 0.3 is 5.97 Å². The highest BCUT2D eigenvalue weighted by Gasteiger charge is 2.20. The van der Waals surface area contributed by atoms with Gasteiger partial charge in [0.25, 0.3) is 5.91 Å². The van der Waals surface area contributed by atoms with Crippen LogP contribution in [0.5, 0.6) is 5.75 Å². The van der Waals surface area contributed by atoms with E-state index >= 15 is 0 Å². The minimum atomic E-state index is -1.14. The number of aromatic carboxylic acids is 1. The van der Waals surface area contributed by atoms with Crippen molar-refractivity contribution in [2.24, 2.45) is 0 Å². The van der Waals surface area contributed by atoms with Crippen molar-refractivity contribution in [3.05, 3.63) is 47.9 Å². The molecule has 1 amide bonds. The van der Waals surface area contributed by atoms with E-state index in [2.05, 4.69) is 5.32 Å². The fourth-order valence-corrected chi connectivity index (χ4v) is 2.61. The van der Waals surface area contributed by atoms with E-state index in [9.17, 15) is 9.59 Å². The molecule has 0 spiro atoms. The summed E-state index contributed by atoms with van der Waals surface area (Å²) in [5.74, 6) is -1.10. The van der Waals surface area contributed by atoms with Gasteiger partial charge in [-0.2, -0.15) is 0 Å². The molecule has 0 radical (unpaired) electrons. The molecule has 1 aliphatic rings. The van der Waals surface area contributed by atoms with Crippen LogP contribution in [0, 0.1) is 0 Å². The molecule has 0 bridgehead atoms. The van der Waals surface area contributed by atoms with Gasteiger partial charge < -0.3 is 19.6 Å². The number of hydrogen-bond donors (Lipinski definition) is 2. The summed E-state index contributed by atoms with van der Waals surface area (Å²) in [6.45, 7) is 0. The number of rotatable bonds is 5. The monoisotopic (exact) mass is 315 g/mol. The van der Waals surface area contributed by atoms with E-state index < -0.39 is 11.9 Å². The van der Waals surface area contributed by atoms with Crippen LogP contribution in [0.15, 0.2) is 41.0 Å². The van der Waals surface area contributed by atoms with Crippen LogP contribution in [-0.4, -0.2) is 23.1 Å². The van der Waals surface area contributed by atoms with Gasteiger partial charge in [0, 0.05) is 6.07 Å². The Bertz CT molecular complexity index is 715. The highest BCUT2D eigenvalue weighted by Crippen LogP contribution is 2.30. The van der Waals surface area contributed by atoms with Crippen molar-refractivity contribution in [2.75, 3.05) is 5.32 Å². The summed E-state index contributed by atoms with van der Waals surface area (Å²) in [5, 5.41) is 11.6. The molecule has 1 saturated carbocycles. The van der Waals surface area contributed by atoms with E-state index in [1.165, 1.54) is 6.07 Å². The van der Waals surface area contributed by atoms with Crippen molar-refractivity contribution in [3.8, 4) is 5.75 Å². The molecular formula is C17H17NO5. The summed E-state index contributed by atoms with van der Waals surface area (Å²) in [6, 6.07) is 8.37. The number of anilines is 1. The summed E-state index contributed by atoms with van der Waals surface area (Å²) in [6.07, 6.45) is 5.56. The molecule has 0 unspecified atom stereocenters. The minimum absolute atomic E-state index is 0.0573. The van der Waals surface area contributed by atoms with E-state index in [0.717, 1.165) is 31.9 Å². The number of carbonyl (C=O) groups is 2. The first-order chi connectivity index (χ1) is 11.1. The average molecular weight is 315 g/mol. The van der Waals surface area contributed by atoms with Gasteiger partial charge in [-0.15, -0.1) is 0 Å². The third-order valence-electron chi connectivity index (χ3n) is 3.80. The topological polar surface area (TPSA) is 88.8 Å². The molecule has 23 heavy (non-hydrogen) atoms. The van der Waals surface area contributed by atoms with E-state index in [1.807, 2.05) is 6.07 Å². The summed E-state index contributed by atoms with van der Waals surface area (Å²) >= 11 is 0. The van der Waals surface area contributed by atoms with Gasteiger partial charge in [0.2, 0.25) is 0 Å². The number of amides is 1. The Morgan fingerprint density at radius 3 is 2.65 bits per heavy atom. The summed E-state index contributed by atoms with van der Waals surface area (Å²) in [5.41, 5.74) is 0.475. The Labute approximate surface area is 133 Å². The van der Waals surface area contributed by atoms with Gasteiger partial charge in [-0.25, -0.2) is 4.79 Å². The fourth-order valence-electron chi connectivity index (χ4n) is 2.61. The first kappa shape index (κ1) is 15.1. The molecule has 2 aromatic rings. The number of hydrogen-bond acceptors (Lipinski definition) is 4. The predicted octanol–water partition coefficient (Wildman–Crippen LogP) is 3.55. The lowest BCUT2D eigenvalue weighted by atomic mass is 10.2. The molecule has 6 heteroatoms. The van der Waals surface area contributed by atoms with E-state index in [-0.39, 0.29) is 17.4 Å². The van der Waals surface area contributed by atoms with Crippen LogP contribution in [0.4, 0.5) is 5.69 Å². The van der Waals surface area contributed by atoms with Gasteiger partial charge in [-0.1, -0.05) is 12.1 Å². The van der Waals surface area contributed by atoms with Gasteiger partial charge in [0.05, 0.1) is 17.4 Å². The third kappa shape index (κ3) is 3.53. The first-order valence-corrected chi connectivity index (χ1v) is 7.52. The van der Waals surface area contributed by atoms with Crippen LogP contribution in [0.3, 0.4) is 0 Å². The molecule has 0 saturated heterocycles. The lowest BCUT2D eigenvalue weighted by molar-refractivity contribution is 0.0696. The van der Waals surface area contributed by atoms with Gasteiger partial charge in [0.1, 0.15) is 12.0 Å². The number of furan rings is 1. The molecule has 1 aliphatic carbocycles. The number of ether oxygens (including phenoxy) is 1. The third-order valence-corrected chi connectivity index (χ3v) is 3.80. The number of carboxylic acid groups (broad SMARTS) is 1. The maximum absolute atomic E-state index is 12.2. The van der Waals surface area contributed by atoms with Crippen molar-refractivity contribution in [3.63, 3.8) is 0 Å². The first-order valence-electron chi connectivity index (χ1n) is 7.52. The maximum atomic E-state index is 12.2. The van der Waals surface area contributed by atoms with Gasteiger partial charge in [0.15, 0.2) is 5.76 Å². The lowest BCUT2D eigenvalue weighted by Crippen LogP contribution is -2.15. The Hall–Kier alpha value is -2.76. The molecular weight excluding hydrogens is 298 g/mol. The van der Waals surface area contributed by atoms with Crippen LogP contribution in [0.1, 0.15) is 46.6 Å². The zero-order valence-electron chi connectivity index (χ0n) is 12.5. The molecule has 2 N–H and O–H groups in total. The van der Waals surface area contributed by atoms with E-state index in [1.54, 1.807) is 18.2 Å². The van der Waals surface area contributed by atoms with Crippen LogP contribution < -0.4 is 10.1 Å². The minimum Gasteiger partial charge on any atom is -0.488 e. The second-order valence-corrected chi connectivity index (χ2v) is 5.48. The maximum Gasteiger partial charge on any atom is 0.338 e. The zero-order valence-corrected chi connectivity index (χ0v) is 12.5. The molecule has 1 aromatic heterocycles. The Morgan fingerprint density at radius 2 is 1.96 bits per heavy atom. The van der Waals surface area contributed by atoms with Crippen LogP contribution in [0.25, 0.3) is 0 Å². The normalized spacial score (nSPS) is 14.6. The molecule has 3 rings (SSSR count). The van der Waals surface area contributed by atoms with Crippen molar-refractivity contribution in [1.29, 1.82) is 0 Å². The van der Waals surface area contributed by atoms with Crippen molar-refractivity contribution in [2.45, 2.75) is 31.8 Å². The number of para-hydroxylation sites is 2.